The first kappa shape index (κ1) is 17.9. The van der Waals surface area contributed by atoms with Crippen LogP contribution in [0.25, 0.3) is 0 Å². The van der Waals surface area contributed by atoms with Crippen molar-refractivity contribution < 1.29 is 9.59 Å². The fourth-order valence-electron chi connectivity index (χ4n) is 2.63. The molecule has 0 spiro atoms. The van der Waals surface area contributed by atoms with Crippen LogP contribution in [0.5, 0.6) is 0 Å². The molecule has 21 heavy (non-hydrogen) atoms. The molecular weight excluding hydrogens is 286 g/mol. The van der Waals surface area contributed by atoms with E-state index in [1.54, 1.807) is 0 Å². The Bertz CT molecular complexity index is 388. The van der Waals surface area contributed by atoms with E-state index >= 15 is 0 Å². The van der Waals surface area contributed by atoms with E-state index in [4.69, 9.17) is 18.0 Å². The number of rotatable bonds is 6. The fourth-order valence-corrected chi connectivity index (χ4v) is 2.92. The minimum atomic E-state index is -0.774. The normalized spacial score (nSPS) is 17.9. The predicted octanol–water partition coefficient (Wildman–Crippen LogP) is 1.50. The smallest absolute Gasteiger partial charge is 0.239 e. The summed E-state index contributed by atoms with van der Waals surface area (Å²) in [7, 11) is 0. The van der Waals surface area contributed by atoms with E-state index in [9.17, 15) is 9.59 Å². The molecule has 120 valence electrons. The minimum Gasteiger partial charge on any atom is -0.392 e. The van der Waals surface area contributed by atoms with Crippen LogP contribution in [0.4, 0.5) is 0 Å². The molecule has 4 N–H and O–H groups in total. The summed E-state index contributed by atoms with van der Waals surface area (Å²) in [5.41, 5.74) is 5.07. The van der Waals surface area contributed by atoms with Crippen molar-refractivity contribution >= 4 is 29.0 Å². The van der Waals surface area contributed by atoms with Gasteiger partial charge in [-0.15, -0.1) is 0 Å². The van der Waals surface area contributed by atoms with Crippen LogP contribution in [-0.4, -0.2) is 29.9 Å². The third kappa shape index (κ3) is 5.26. The number of carbonyl (C=O) groups is 2. The lowest BCUT2D eigenvalue weighted by atomic mass is 9.79. The molecule has 2 amide bonds. The summed E-state index contributed by atoms with van der Waals surface area (Å²) in [5, 5.41) is 5.48. The maximum Gasteiger partial charge on any atom is 0.239 e. The Labute approximate surface area is 132 Å². The highest BCUT2D eigenvalue weighted by molar-refractivity contribution is 7.80. The number of hydrogen-bond donors (Lipinski definition) is 3. The van der Waals surface area contributed by atoms with E-state index in [1.165, 1.54) is 0 Å². The molecule has 0 aliphatic heterocycles. The zero-order valence-corrected chi connectivity index (χ0v) is 13.9. The van der Waals surface area contributed by atoms with Crippen LogP contribution < -0.4 is 16.4 Å². The van der Waals surface area contributed by atoms with E-state index < -0.39 is 5.41 Å². The lowest BCUT2D eigenvalue weighted by Crippen LogP contribution is -2.51. The molecule has 0 aromatic carbocycles. The Balaban J connectivity index is 2.57. The molecule has 6 heteroatoms. The van der Waals surface area contributed by atoms with Gasteiger partial charge in [-0.1, -0.05) is 51.7 Å². The molecule has 0 bridgehead atoms. The van der Waals surface area contributed by atoms with Gasteiger partial charge in [0.25, 0.3) is 0 Å². The molecule has 1 saturated carbocycles. The number of carbonyl (C=O) groups excluding carboxylic acids is 2. The van der Waals surface area contributed by atoms with Gasteiger partial charge in [0.05, 0.1) is 16.9 Å². The van der Waals surface area contributed by atoms with E-state index in [2.05, 4.69) is 10.6 Å². The zero-order valence-electron chi connectivity index (χ0n) is 13.0. The summed E-state index contributed by atoms with van der Waals surface area (Å²) in [6, 6.07) is 0. The Kier molecular flexibility index (Phi) is 7.08. The average Bonchev–Trinajstić information content (AvgIpc) is 2.69. The monoisotopic (exact) mass is 313 g/mol. The molecule has 0 atom stereocenters. The van der Waals surface area contributed by atoms with E-state index in [0.717, 1.165) is 25.7 Å². The summed E-state index contributed by atoms with van der Waals surface area (Å²) < 4.78 is 0. The molecule has 0 heterocycles. The largest absolute Gasteiger partial charge is 0.392 e. The molecule has 0 aromatic rings. The van der Waals surface area contributed by atoms with Crippen molar-refractivity contribution in [3.05, 3.63) is 0 Å². The zero-order chi connectivity index (χ0) is 15.9. The highest BCUT2D eigenvalue weighted by Crippen LogP contribution is 2.35. The van der Waals surface area contributed by atoms with Crippen LogP contribution >= 0.6 is 12.2 Å². The lowest BCUT2D eigenvalue weighted by molar-refractivity contribution is -0.130. The first-order valence-electron chi connectivity index (χ1n) is 7.73. The van der Waals surface area contributed by atoms with Crippen LogP contribution in [0.3, 0.4) is 0 Å². The number of nitrogens with one attached hydrogen (secondary N) is 2. The van der Waals surface area contributed by atoms with Crippen molar-refractivity contribution in [1.82, 2.24) is 10.6 Å². The standard InChI is InChI=1S/C15H27N3O2S/c1-11(2)9-17-12(19)10-18-14(20)15(13(16)21)7-5-3-4-6-8-15/h11H,3-10H2,1-2H3,(H2,16,21)(H,17,19)(H,18,20). The number of nitrogens with two attached hydrogens (primary N) is 1. The highest BCUT2D eigenvalue weighted by Gasteiger charge is 2.41. The molecule has 1 fully saturated rings. The van der Waals surface area contributed by atoms with Crippen LogP contribution in [0.2, 0.25) is 0 Å². The van der Waals surface area contributed by atoms with Gasteiger partial charge in [-0.2, -0.15) is 0 Å². The van der Waals surface area contributed by atoms with E-state index in [-0.39, 0.29) is 23.3 Å². The molecule has 5 nitrogen and oxygen atoms in total. The summed E-state index contributed by atoms with van der Waals surface area (Å²) in [6.45, 7) is 4.63. The van der Waals surface area contributed by atoms with Crippen molar-refractivity contribution in [3.63, 3.8) is 0 Å². The van der Waals surface area contributed by atoms with Gasteiger partial charge in [-0.3, -0.25) is 9.59 Å². The molecule has 1 aliphatic rings. The second-order valence-corrected chi connectivity index (χ2v) is 6.68. The summed E-state index contributed by atoms with van der Waals surface area (Å²) in [6.07, 6.45) is 5.47. The summed E-state index contributed by atoms with van der Waals surface area (Å²) in [5.74, 6) is 0.00910. The third-order valence-corrected chi connectivity index (χ3v) is 4.37. The molecule has 0 radical (unpaired) electrons. The third-order valence-electron chi connectivity index (χ3n) is 3.98. The van der Waals surface area contributed by atoms with Gasteiger partial charge in [0.1, 0.15) is 0 Å². The van der Waals surface area contributed by atoms with Gasteiger partial charge in [0.2, 0.25) is 11.8 Å². The highest BCUT2D eigenvalue weighted by atomic mass is 32.1. The second kappa shape index (κ2) is 8.32. The summed E-state index contributed by atoms with van der Waals surface area (Å²) >= 11 is 5.15. The fraction of sp³-hybridized carbons (Fsp3) is 0.800. The molecule has 1 aliphatic carbocycles. The van der Waals surface area contributed by atoms with Crippen molar-refractivity contribution in [1.29, 1.82) is 0 Å². The van der Waals surface area contributed by atoms with Gasteiger partial charge in [-0.05, 0) is 18.8 Å². The predicted molar refractivity (Wildman–Crippen MR) is 87.8 cm³/mol. The first-order chi connectivity index (χ1) is 9.88. The topological polar surface area (TPSA) is 84.2 Å². The Hall–Kier alpha value is -1.17. The van der Waals surface area contributed by atoms with Crippen molar-refractivity contribution in [3.8, 4) is 0 Å². The van der Waals surface area contributed by atoms with E-state index in [0.29, 0.717) is 25.3 Å². The van der Waals surface area contributed by atoms with Gasteiger partial charge < -0.3 is 16.4 Å². The maximum absolute atomic E-state index is 12.5. The number of thiocarbonyl (C=S) groups is 1. The average molecular weight is 313 g/mol. The number of hydrogen-bond acceptors (Lipinski definition) is 3. The second-order valence-electron chi connectivity index (χ2n) is 6.24. The van der Waals surface area contributed by atoms with Crippen LogP contribution in [0.1, 0.15) is 52.4 Å². The van der Waals surface area contributed by atoms with Gasteiger partial charge in [0, 0.05) is 6.54 Å². The molecule has 1 rings (SSSR count). The van der Waals surface area contributed by atoms with Crippen LogP contribution in [-0.2, 0) is 9.59 Å². The van der Waals surface area contributed by atoms with Crippen molar-refractivity contribution in [2.75, 3.05) is 13.1 Å². The maximum atomic E-state index is 12.5. The molecule has 0 saturated heterocycles. The Morgan fingerprint density at radius 1 is 1.14 bits per heavy atom. The first-order valence-corrected chi connectivity index (χ1v) is 8.14. The SMILES string of the molecule is CC(C)CNC(=O)CNC(=O)C1(C(N)=S)CCCCCC1. The van der Waals surface area contributed by atoms with Gasteiger partial charge in [0.15, 0.2) is 0 Å². The molecule has 0 aromatic heterocycles. The minimum absolute atomic E-state index is 0.0179. The lowest BCUT2D eigenvalue weighted by Gasteiger charge is -2.30. The summed E-state index contributed by atoms with van der Waals surface area (Å²) in [4.78, 5) is 24.4. The van der Waals surface area contributed by atoms with Crippen molar-refractivity contribution in [2.45, 2.75) is 52.4 Å². The van der Waals surface area contributed by atoms with Gasteiger partial charge in [-0.25, -0.2) is 0 Å². The van der Waals surface area contributed by atoms with Gasteiger partial charge >= 0.3 is 0 Å². The number of amides is 2. The molecule has 0 unspecified atom stereocenters. The van der Waals surface area contributed by atoms with Crippen LogP contribution in [0, 0.1) is 11.3 Å². The van der Waals surface area contributed by atoms with E-state index in [1.807, 2.05) is 13.8 Å². The Morgan fingerprint density at radius 3 is 2.19 bits per heavy atom. The quantitative estimate of drug-likeness (QED) is 0.512. The molecular formula is C15H27N3O2S. The van der Waals surface area contributed by atoms with Crippen molar-refractivity contribution in [2.24, 2.45) is 17.1 Å². The Morgan fingerprint density at radius 2 is 1.71 bits per heavy atom. The van der Waals surface area contributed by atoms with Crippen LogP contribution in [0.15, 0.2) is 0 Å².